The zero-order chi connectivity index (χ0) is 19.0. The third-order valence-corrected chi connectivity index (χ3v) is 3.80. The van der Waals surface area contributed by atoms with Gasteiger partial charge in [-0.15, -0.1) is 0 Å². The minimum atomic E-state index is -2.12. The van der Waals surface area contributed by atoms with E-state index in [-0.39, 0.29) is 0 Å². The van der Waals surface area contributed by atoms with Crippen molar-refractivity contribution in [2.45, 2.75) is 18.4 Å². The van der Waals surface area contributed by atoms with Crippen molar-refractivity contribution in [2.24, 2.45) is 5.92 Å². The maximum absolute atomic E-state index is 11.9. The van der Waals surface area contributed by atoms with Crippen LogP contribution in [0.2, 0.25) is 0 Å². The fraction of sp³-hybridized carbons (Fsp3) is 0.286. The second-order valence-electron chi connectivity index (χ2n) is 5.29. The molecule has 2 rings (SSSR count). The van der Waals surface area contributed by atoms with Crippen molar-refractivity contribution in [3.63, 3.8) is 0 Å². The molecule has 0 radical (unpaired) electrons. The summed E-state index contributed by atoms with van der Waals surface area (Å²) in [5, 5.41) is 56.5. The second-order valence-corrected chi connectivity index (χ2v) is 5.29. The monoisotopic (exact) mass is 356 g/mol. The van der Waals surface area contributed by atoms with E-state index in [2.05, 4.69) is 4.74 Å². The first-order chi connectivity index (χ1) is 11.6. The topological polar surface area (TPSA) is 199 Å². The molecule has 3 atom stereocenters. The van der Waals surface area contributed by atoms with Crippen molar-refractivity contribution < 1.29 is 54.6 Å². The maximum Gasteiger partial charge on any atom is 0.345 e. The molecular formula is C14H12O11. The van der Waals surface area contributed by atoms with E-state index < -0.39 is 76.6 Å². The van der Waals surface area contributed by atoms with Gasteiger partial charge in [-0.05, 0) is 6.07 Å². The second kappa shape index (κ2) is 6.19. The molecule has 0 saturated heterocycles. The van der Waals surface area contributed by atoms with Crippen molar-refractivity contribution >= 4 is 23.9 Å². The first-order valence-electron chi connectivity index (χ1n) is 6.72. The molecule has 0 spiro atoms. The fourth-order valence-corrected chi connectivity index (χ4v) is 2.74. The Kier molecular flexibility index (Phi) is 4.42. The van der Waals surface area contributed by atoms with Crippen LogP contribution in [-0.4, -0.2) is 60.6 Å². The van der Waals surface area contributed by atoms with Gasteiger partial charge < -0.3 is 35.4 Å². The zero-order valence-corrected chi connectivity index (χ0v) is 12.2. The third-order valence-electron chi connectivity index (χ3n) is 3.80. The van der Waals surface area contributed by atoms with Gasteiger partial charge >= 0.3 is 23.9 Å². The molecule has 1 aliphatic rings. The Morgan fingerprint density at radius 2 is 1.68 bits per heavy atom. The van der Waals surface area contributed by atoms with E-state index in [1.807, 2.05) is 0 Å². The summed E-state index contributed by atoms with van der Waals surface area (Å²) in [6.45, 7) is 0. The smallest absolute Gasteiger partial charge is 0.345 e. The van der Waals surface area contributed by atoms with Crippen LogP contribution < -0.4 is 0 Å². The molecule has 1 aliphatic heterocycles. The molecule has 11 nitrogen and oxygen atoms in total. The van der Waals surface area contributed by atoms with E-state index in [9.17, 15) is 44.7 Å². The van der Waals surface area contributed by atoms with E-state index in [1.54, 1.807) is 0 Å². The summed E-state index contributed by atoms with van der Waals surface area (Å²) in [5.41, 5.74) is -1.19. The molecule has 0 unspecified atom stereocenters. The van der Waals surface area contributed by atoms with Crippen LogP contribution in [0.15, 0.2) is 6.07 Å². The summed E-state index contributed by atoms with van der Waals surface area (Å²) in [4.78, 5) is 45.7. The van der Waals surface area contributed by atoms with Crippen molar-refractivity contribution in [1.29, 1.82) is 0 Å². The van der Waals surface area contributed by atoms with Gasteiger partial charge in [-0.2, -0.15) is 0 Å². The predicted octanol–water partition coefficient (Wildman–Crippen LogP) is -0.314. The molecule has 25 heavy (non-hydrogen) atoms. The third kappa shape index (κ3) is 2.98. The summed E-state index contributed by atoms with van der Waals surface area (Å²) in [6.07, 6.45) is -3.16. The molecule has 0 aromatic heterocycles. The molecule has 0 aliphatic carbocycles. The average molecular weight is 356 g/mol. The Morgan fingerprint density at radius 3 is 2.16 bits per heavy atom. The Labute approximate surface area is 138 Å². The van der Waals surface area contributed by atoms with Crippen LogP contribution in [-0.2, 0) is 19.1 Å². The lowest BCUT2D eigenvalue weighted by Crippen LogP contribution is -2.44. The number of hydrogen-bond donors (Lipinski definition) is 6. The molecular weight excluding hydrogens is 344 g/mol. The normalized spacial score (nSPS) is 20.2. The van der Waals surface area contributed by atoms with Gasteiger partial charge in [0.05, 0.1) is 23.8 Å². The number of phenols is 3. The highest BCUT2D eigenvalue weighted by atomic mass is 16.6. The number of ether oxygens (including phenoxy) is 1. The molecule has 6 N–H and O–H groups in total. The van der Waals surface area contributed by atoms with Crippen molar-refractivity contribution in [1.82, 2.24) is 0 Å². The number of aliphatic carboxylic acids is 3. The van der Waals surface area contributed by atoms with Crippen LogP contribution in [0.25, 0.3) is 0 Å². The lowest BCUT2D eigenvalue weighted by atomic mass is 9.76. The molecule has 1 aromatic rings. The molecule has 0 saturated carbocycles. The number of benzene rings is 1. The molecule has 134 valence electrons. The molecule has 1 aromatic carbocycles. The van der Waals surface area contributed by atoms with Crippen molar-refractivity contribution in [3.8, 4) is 17.2 Å². The number of rotatable bonds is 5. The lowest BCUT2D eigenvalue weighted by molar-refractivity contribution is -0.156. The van der Waals surface area contributed by atoms with E-state index in [4.69, 9.17) is 5.11 Å². The van der Waals surface area contributed by atoms with Gasteiger partial charge in [0, 0.05) is 5.56 Å². The minimum absolute atomic E-state index is 0.577. The van der Waals surface area contributed by atoms with E-state index in [1.165, 1.54) is 0 Å². The Morgan fingerprint density at radius 1 is 1.08 bits per heavy atom. The number of carbonyl (C=O) groups excluding carboxylic acids is 1. The first kappa shape index (κ1) is 17.8. The number of carboxylic acid groups (broad SMARTS) is 3. The van der Waals surface area contributed by atoms with Gasteiger partial charge in [0.1, 0.15) is 0 Å². The number of carbonyl (C=O) groups is 4. The SMILES string of the molecule is O=C(O)C[C@@H](C(=O)O)[C@H]1c2c(cc(O)c(O)c2O)C(=O)O[C@@H]1C(=O)O. The number of phenolic OH excluding ortho intramolecular Hbond substituents is 3. The van der Waals surface area contributed by atoms with Gasteiger partial charge in [-0.25, -0.2) is 9.59 Å². The van der Waals surface area contributed by atoms with Crippen LogP contribution in [0.4, 0.5) is 0 Å². The van der Waals surface area contributed by atoms with Gasteiger partial charge in [0.2, 0.25) is 11.9 Å². The van der Waals surface area contributed by atoms with Gasteiger partial charge in [0.25, 0.3) is 0 Å². The Balaban J connectivity index is 2.78. The van der Waals surface area contributed by atoms with Gasteiger partial charge in [-0.1, -0.05) is 0 Å². The largest absolute Gasteiger partial charge is 0.504 e. The molecule has 11 heteroatoms. The van der Waals surface area contributed by atoms with Gasteiger partial charge in [0.15, 0.2) is 11.5 Å². The average Bonchev–Trinajstić information content (AvgIpc) is 2.50. The van der Waals surface area contributed by atoms with E-state index in [0.29, 0.717) is 6.07 Å². The van der Waals surface area contributed by atoms with Crippen LogP contribution in [0, 0.1) is 5.92 Å². The zero-order valence-electron chi connectivity index (χ0n) is 12.2. The molecule has 0 fully saturated rings. The Bertz CT molecular complexity index is 781. The lowest BCUT2D eigenvalue weighted by Gasteiger charge is -2.34. The minimum Gasteiger partial charge on any atom is -0.504 e. The van der Waals surface area contributed by atoms with E-state index in [0.717, 1.165) is 0 Å². The standard InChI is InChI=1S/C14H12O11/c15-5-1-4-7(10(19)9(5)18)8(3(12(20)21)2-6(16)17)11(13(22)23)25-14(4)24/h1,3,8,11,15,18-19H,2H2,(H,16,17)(H,20,21)(H,22,23)/t3-,8+,11+/m1/s1. The van der Waals surface area contributed by atoms with Gasteiger partial charge in [-0.3, -0.25) is 9.59 Å². The highest BCUT2D eigenvalue weighted by molar-refractivity contribution is 5.98. The molecule has 1 heterocycles. The molecule has 0 amide bonds. The molecule has 0 bridgehead atoms. The summed E-state index contributed by atoms with van der Waals surface area (Å²) in [7, 11) is 0. The number of hydrogen-bond acceptors (Lipinski definition) is 8. The number of fused-ring (bicyclic) bond motifs is 1. The van der Waals surface area contributed by atoms with Crippen LogP contribution in [0.1, 0.15) is 28.3 Å². The fourth-order valence-electron chi connectivity index (χ4n) is 2.74. The van der Waals surface area contributed by atoms with Crippen molar-refractivity contribution in [2.75, 3.05) is 0 Å². The van der Waals surface area contributed by atoms with Crippen LogP contribution in [0.3, 0.4) is 0 Å². The summed E-state index contributed by atoms with van der Waals surface area (Å²) < 4.78 is 4.65. The first-order valence-corrected chi connectivity index (χ1v) is 6.72. The quantitative estimate of drug-likeness (QED) is 0.298. The predicted molar refractivity (Wildman–Crippen MR) is 74.4 cm³/mol. The van der Waals surface area contributed by atoms with Crippen LogP contribution >= 0.6 is 0 Å². The summed E-state index contributed by atoms with van der Waals surface area (Å²) in [5.74, 6) is -13.2. The summed E-state index contributed by atoms with van der Waals surface area (Å²) >= 11 is 0. The number of cyclic esters (lactones) is 1. The number of esters is 1. The number of carboxylic acids is 3. The van der Waals surface area contributed by atoms with Crippen LogP contribution in [0.5, 0.6) is 17.2 Å². The Hall–Kier alpha value is -3.50. The highest BCUT2D eigenvalue weighted by Gasteiger charge is 2.49. The van der Waals surface area contributed by atoms with E-state index >= 15 is 0 Å². The summed E-state index contributed by atoms with van der Waals surface area (Å²) in [6, 6.07) is 0.664. The maximum atomic E-state index is 11.9. The number of aromatic hydroxyl groups is 3. The van der Waals surface area contributed by atoms with Crippen molar-refractivity contribution in [3.05, 3.63) is 17.2 Å². The highest BCUT2D eigenvalue weighted by Crippen LogP contribution is 2.49.